The summed E-state index contributed by atoms with van der Waals surface area (Å²) in [6, 6.07) is 5.20. The van der Waals surface area contributed by atoms with Gasteiger partial charge in [0.05, 0.1) is 18.5 Å². The molecule has 1 aromatic heterocycles. The Hall–Kier alpha value is -3.21. The van der Waals surface area contributed by atoms with Gasteiger partial charge in [0.15, 0.2) is 0 Å². The summed E-state index contributed by atoms with van der Waals surface area (Å²) in [6.07, 6.45) is 1.34. The maximum absolute atomic E-state index is 13.8. The summed E-state index contributed by atoms with van der Waals surface area (Å²) in [6.45, 7) is 0. The van der Waals surface area contributed by atoms with E-state index in [1.165, 1.54) is 19.4 Å². The number of hydrogen-bond acceptors (Lipinski definition) is 5. The fourth-order valence-corrected chi connectivity index (χ4v) is 2.06. The van der Waals surface area contributed by atoms with Crippen LogP contribution in [0.4, 0.5) is 10.1 Å². The standard InChI is InChI=1S/C14H10FN3O4/c1-22-13(19)5-9-7-17-11(6-16)14(9)8-2-3-12(18(20)21)10(15)4-8/h2-4,7,17H,5H2,1H3. The van der Waals surface area contributed by atoms with Crippen molar-refractivity contribution in [1.82, 2.24) is 4.98 Å². The molecule has 0 amide bonds. The maximum Gasteiger partial charge on any atom is 0.310 e. The number of hydrogen-bond donors (Lipinski definition) is 1. The lowest BCUT2D eigenvalue weighted by molar-refractivity contribution is -0.387. The van der Waals surface area contributed by atoms with Gasteiger partial charge in [-0.05, 0) is 23.3 Å². The maximum atomic E-state index is 13.8. The van der Waals surface area contributed by atoms with Gasteiger partial charge in [-0.1, -0.05) is 0 Å². The molecule has 112 valence electrons. The zero-order valence-corrected chi connectivity index (χ0v) is 11.4. The quantitative estimate of drug-likeness (QED) is 0.529. The van der Waals surface area contributed by atoms with Gasteiger partial charge in [0.25, 0.3) is 0 Å². The zero-order valence-electron chi connectivity index (χ0n) is 11.4. The van der Waals surface area contributed by atoms with Crippen LogP contribution in [0.1, 0.15) is 11.3 Å². The zero-order chi connectivity index (χ0) is 16.3. The number of rotatable bonds is 4. The molecule has 0 spiro atoms. The number of H-pyrrole nitrogens is 1. The second-order valence-corrected chi connectivity index (χ2v) is 4.35. The predicted octanol–water partition coefficient (Wildman–Crippen LogP) is 2.32. The Labute approximate surface area is 124 Å². The fourth-order valence-electron chi connectivity index (χ4n) is 2.06. The van der Waals surface area contributed by atoms with Gasteiger partial charge in [0.2, 0.25) is 5.82 Å². The van der Waals surface area contributed by atoms with E-state index in [4.69, 9.17) is 5.26 Å². The average molecular weight is 303 g/mol. The number of esters is 1. The van der Waals surface area contributed by atoms with Crippen molar-refractivity contribution in [2.75, 3.05) is 7.11 Å². The lowest BCUT2D eigenvalue weighted by atomic mass is 9.99. The number of nitrogens with one attached hydrogen (secondary N) is 1. The monoisotopic (exact) mass is 303 g/mol. The van der Waals surface area contributed by atoms with Gasteiger partial charge in [-0.3, -0.25) is 14.9 Å². The van der Waals surface area contributed by atoms with Crippen molar-refractivity contribution in [3.63, 3.8) is 0 Å². The first kappa shape index (κ1) is 15.2. The molecule has 0 saturated heterocycles. The molecule has 0 saturated carbocycles. The van der Waals surface area contributed by atoms with E-state index >= 15 is 0 Å². The Kier molecular flexibility index (Phi) is 4.18. The summed E-state index contributed by atoms with van der Waals surface area (Å²) in [4.78, 5) is 23.9. The van der Waals surface area contributed by atoms with Crippen LogP contribution in [0.2, 0.25) is 0 Å². The Balaban J connectivity index is 2.54. The topological polar surface area (TPSA) is 109 Å². The number of aromatic nitrogens is 1. The highest BCUT2D eigenvalue weighted by atomic mass is 19.1. The molecule has 0 radical (unpaired) electrons. The van der Waals surface area contributed by atoms with E-state index < -0.39 is 22.4 Å². The SMILES string of the molecule is COC(=O)Cc1c[nH]c(C#N)c1-c1ccc([N+](=O)[O-])c(F)c1. The summed E-state index contributed by atoms with van der Waals surface area (Å²) in [5, 5.41) is 19.7. The fraction of sp³-hybridized carbons (Fsp3) is 0.143. The number of carbonyl (C=O) groups is 1. The molecular weight excluding hydrogens is 293 g/mol. The van der Waals surface area contributed by atoms with Crippen molar-refractivity contribution >= 4 is 11.7 Å². The van der Waals surface area contributed by atoms with Gasteiger partial charge in [0, 0.05) is 17.8 Å². The molecule has 8 heteroatoms. The number of nitro groups is 1. The van der Waals surface area contributed by atoms with E-state index in [0.29, 0.717) is 11.1 Å². The van der Waals surface area contributed by atoms with Gasteiger partial charge in [0.1, 0.15) is 11.8 Å². The molecule has 7 nitrogen and oxygen atoms in total. The molecule has 1 heterocycles. The van der Waals surface area contributed by atoms with E-state index in [0.717, 1.165) is 12.1 Å². The van der Waals surface area contributed by atoms with Gasteiger partial charge in [-0.25, -0.2) is 0 Å². The summed E-state index contributed by atoms with van der Waals surface area (Å²) >= 11 is 0. The summed E-state index contributed by atoms with van der Waals surface area (Å²) in [7, 11) is 1.23. The number of carbonyl (C=O) groups excluding carboxylic acids is 1. The average Bonchev–Trinajstić information content (AvgIpc) is 2.89. The van der Waals surface area contributed by atoms with Gasteiger partial charge in [-0.15, -0.1) is 0 Å². The van der Waals surface area contributed by atoms with Crippen molar-refractivity contribution in [3.8, 4) is 17.2 Å². The molecular formula is C14H10FN3O4. The smallest absolute Gasteiger partial charge is 0.310 e. The second kappa shape index (κ2) is 6.05. The van der Waals surface area contributed by atoms with Crippen LogP contribution in [-0.2, 0) is 16.0 Å². The lowest BCUT2D eigenvalue weighted by Crippen LogP contribution is -2.04. The van der Waals surface area contributed by atoms with Crippen LogP contribution in [-0.4, -0.2) is 23.0 Å². The first-order chi connectivity index (χ1) is 10.5. The van der Waals surface area contributed by atoms with Crippen molar-refractivity contribution in [2.24, 2.45) is 0 Å². The number of benzene rings is 1. The van der Waals surface area contributed by atoms with E-state index in [9.17, 15) is 19.3 Å². The van der Waals surface area contributed by atoms with Crippen LogP contribution >= 0.6 is 0 Å². The van der Waals surface area contributed by atoms with Crippen molar-refractivity contribution in [1.29, 1.82) is 5.26 Å². The van der Waals surface area contributed by atoms with E-state index in [1.54, 1.807) is 0 Å². The third-order valence-electron chi connectivity index (χ3n) is 3.07. The predicted molar refractivity (Wildman–Crippen MR) is 73.3 cm³/mol. The van der Waals surface area contributed by atoms with Gasteiger partial charge < -0.3 is 9.72 Å². The third-order valence-corrected chi connectivity index (χ3v) is 3.07. The molecule has 0 aliphatic rings. The number of aromatic amines is 1. The summed E-state index contributed by atoms with van der Waals surface area (Å²) in [5.74, 6) is -1.54. The molecule has 2 rings (SSSR count). The minimum atomic E-state index is -1.02. The first-order valence-corrected chi connectivity index (χ1v) is 6.09. The molecule has 0 bridgehead atoms. The molecule has 0 fully saturated rings. The van der Waals surface area contributed by atoms with Crippen molar-refractivity contribution in [2.45, 2.75) is 6.42 Å². The molecule has 22 heavy (non-hydrogen) atoms. The number of ether oxygens (including phenoxy) is 1. The summed E-state index contributed by atoms with van der Waals surface area (Å²) in [5.41, 5.74) is 0.498. The Morgan fingerprint density at radius 2 is 2.27 bits per heavy atom. The molecule has 1 aromatic carbocycles. The van der Waals surface area contributed by atoms with Crippen molar-refractivity contribution < 1.29 is 18.8 Å². The number of methoxy groups -OCH3 is 1. The third kappa shape index (κ3) is 2.78. The largest absolute Gasteiger partial charge is 0.469 e. The molecule has 0 aliphatic heterocycles. The molecule has 1 N–H and O–H groups in total. The normalized spacial score (nSPS) is 10.0. The van der Waals surface area contributed by atoms with Gasteiger partial charge >= 0.3 is 11.7 Å². The van der Waals surface area contributed by atoms with E-state index in [1.807, 2.05) is 6.07 Å². The second-order valence-electron chi connectivity index (χ2n) is 4.35. The van der Waals surface area contributed by atoms with Crippen LogP contribution < -0.4 is 0 Å². The Bertz CT molecular complexity index is 792. The highest BCUT2D eigenvalue weighted by Gasteiger charge is 2.20. The highest BCUT2D eigenvalue weighted by Crippen LogP contribution is 2.31. The van der Waals surface area contributed by atoms with Crippen LogP contribution in [0.3, 0.4) is 0 Å². The number of nitriles is 1. The van der Waals surface area contributed by atoms with Crippen molar-refractivity contribution in [3.05, 3.63) is 51.6 Å². The van der Waals surface area contributed by atoms with Crippen LogP contribution in [0.5, 0.6) is 0 Å². The Morgan fingerprint density at radius 1 is 1.55 bits per heavy atom. The minimum absolute atomic E-state index is 0.109. The number of nitrogens with zero attached hydrogens (tertiary/aromatic N) is 2. The highest BCUT2D eigenvalue weighted by molar-refractivity contribution is 5.80. The summed E-state index contributed by atoms with van der Waals surface area (Å²) < 4.78 is 18.3. The van der Waals surface area contributed by atoms with E-state index in [-0.39, 0.29) is 17.7 Å². The molecule has 2 aromatic rings. The number of halogens is 1. The molecule has 0 atom stereocenters. The van der Waals surface area contributed by atoms with E-state index in [2.05, 4.69) is 9.72 Å². The molecule has 0 unspecified atom stereocenters. The molecule has 0 aliphatic carbocycles. The first-order valence-electron chi connectivity index (χ1n) is 6.09. The lowest BCUT2D eigenvalue weighted by Gasteiger charge is -2.05. The number of nitro benzene ring substituents is 1. The van der Waals surface area contributed by atoms with Crippen LogP contribution in [0, 0.1) is 27.3 Å². The Morgan fingerprint density at radius 3 is 2.82 bits per heavy atom. The minimum Gasteiger partial charge on any atom is -0.469 e. The van der Waals surface area contributed by atoms with Crippen LogP contribution in [0.25, 0.3) is 11.1 Å². The van der Waals surface area contributed by atoms with Crippen LogP contribution in [0.15, 0.2) is 24.4 Å². The van der Waals surface area contributed by atoms with Gasteiger partial charge in [-0.2, -0.15) is 9.65 Å².